The lowest BCUT2D eigenvalue weighted by atomic mass is 9.75. The van der Waals surface area contributed by atoms with Crippen molar-refractivity contribution in [2.45, 2.75) is 37.8 Å². The molecule has 0 saturated heterocycles. The number of nitrogens with zero attached hydrogens (tertiary/aromatic N) is 3. The van der Waals surface area contributed by atoms with Gasteiger partial charge in [-0.3, -0.25) is 0 Å². The molecule has 0 unspecified atom stereocenters. The summed E-state index contributed by atoms with van der Waals surface area (Å²) in [5.41, 5.74) is 6.15. The fourth-order valence-corrected chi connectivity index (χ4v) is 1.91. The van der Waals surface area contributed by atoms with E-state index in [2.05, 4.69) is 10.2 Å². The Morgan fingerprint density at radius 3 is 3.00 bits per heavy atom. The van der Waals surface area contributed by atoms with Gasteiger partial charge in [0, 0.05) is 25.6 Å². The van der Waals surface area contributed by atoms with Gasteiger partial charge < -0.3 is 15.0 Å². The van der Waals surface area contributed by atoms with Gasteiger partial charge >= 0.3 is 0 Å². The number of methoxy groups -OCH3 is 1. The summed E-state index contributed by atoms with van der Waals surface area (Å²) in [5.74, 6) is 0.981. The van der Waals surface area contributed by atoms with E-state index in [-0.39, 0.29) is 5.54 Å². The van der Waals surface area contributed by atoms with E-state index < -0.39 is 0 Å². The minimum atomic E-state index is -0.0299. The molecule has 1 heterocycles. The zero-order chi connectivity index (χ0) is 10.7. The lowest BCUT2D eigenvalue weighted by molar-refractivity contribution is 0.184. The van der Waals surface area contributed by atoms with Crippen molar-refractivity contribution in [2.24, 2.45) is 5.73 Å². The average molecular weight is 210 g/mol. The van der Waals surface area contributed by atoms with Crippen LogP contribution in [0.25, 0.3) is 0 Å². The normalized spacial score (nSPS) is 18.8. The predicted octanol–water partition coefficient (Wildman–Crippen LogP) is 0.348. The molecule has 2 N–H and O–H groups in total. The number of hydrogen-bond donors (Lipinski definition) is 1. The molecular weight excluding hydrogens is 192 g/mol. The summed E-state index contributed by atoms with van der Waals surface area (Å²) in [4.78, 5) is 0. The Morgan fingerprint density at radius 1 is 1.60 bits per heavy atom. The number of rotatable bonds is 5. The largest absolute Gasteiger partial charge is 0.383 e. The molecule has 2 rings (SSSR count). The van der Waals surface area contributed by atoms with Crippen LogP contribution in [0, 0.1) is 0 Å². The van der Waals surface area contributed by atoms with Gasteiger partial charge in [-0.1, -0.05) is 0 Å². The summed E-state index contributed by atoms with van der Waals surface area (Å²) in [6, 6.07) is 0. The first-order valence-corrected chi connectivity index (χ1v) is 5.38. The highest BCUT2D eigenvalue weighted by molar-refractivity contribution is 5.02. The van der Waals surface area contributed by atoms with E-state index in [1.807, 2.05) is 4.57 Å². The zero-order valence-electron chi connectivity index (χ0n) is 9.15. The van der Waals surface area contributed by atoms with Gasteiger partial charge in [0.25, 0.3) is 0 Å². The minimum absolute atomic E-state index is 0.0299. The van der Waals surface area contributed by atoms with E-state index >= 15 is 0 Å². The molecule has 5 nitrogen and oxygen atoms in total. The topological polar surface area (TPSA) is 66.0 Å². The van der Waals surface area contributed by atoms with Gasteiger partial charge in [0.1, 0.15) is 12.2 Å². The van der Waals surface area contributed by atoms with Crippen molar-refractivity contribution in [3.8, 4) is 0 Å². The second-order valence-corrected chi connectivity index (χ2v) is 4.33. The van der Waals surface area contributed by atoms with E-state index in [1.54, 1.807) is 13.4 Å². The number of nitrogens with two attached hydrogens (primary N) is 1. The molecule has 0 bridgehead atoms. The Kier molecular flexibility index (Phi) is 3.02. The molecule has 5 heteroatoms. The van der Waals surface area contributed by atoms with Gasteiger partial charge in [-0.2, -0.15) is 0 Å². The third-order valence-corrected chi connectivity index (χ3v) is 3.09. The third kappa shape index (κ3) is 2.35. The van der Waals surface area contributed by atoms with Crippen LogP contribution < -0.4 is 5.73 Å². The molecule has 0 aliphatic heterocycles. The summed E-state index contributed by atoms with van der Waals surface area (Å²) in [6.45, 7) is 1.48. The molecule has 0 aromatic carbocycles. The Labute approximate surface area is 89.6 Å². The molecule has 1 aliphatic rings. The predicted molar refractivity (Wildman–Crippen MR) is 56.4 cm³/mol. The van der Waals surface area contributed by atoms with Crippen LogP contribution >= 0.6 is 0 Å². The smallest absolute Gasteiger partial charge is 0.134 e. The molecule has 84 valence electrons. The average Bonchev–Trinajstić information content (AvgIpc) is 2.60. The van der Waals surface area contributed by atoms with Crippen LogP contribution in [0.1, 0.15) is 25.1 Å². The van der Waals surface area contributed by atoms with Crippen molar-refractivity contribution in [2.75, 3.05) is 13.7 Å². The van der Waals surface area contributed by atoms with Gasteiger partial charge in [-0.25, -0.2) is 0 Å². The van der Waals surface area contributed by atoms with Crippen LogP contribution in [0.4, 0.5) is 0 Å². The monoisotopic (exact) mass is 210 g/mol. The molecular formula is C10H18N4O. The van der Waals surface area contributed by atoms with Gasteiger partial charge in [0.2, 0.25) is 0 Å². The van der Waals surface area contributed by atoms with E-state index in [4.69, 9.17) is 10.5 Å². The van der Waals surface area contributed by atoms with Gasteiger partial charge in [0.05, 0.1) is 6.61 Å². The van der Waals surface area contributed by atoms with E-state index in [1.165, 1.54) is 6.42 Å². The summed E-state index contributed by atoms with van der Waals surface area (Å²) in [5, 5.41) is 8.03. The van der Waals surface area contributed by atoms with Crippen LogP contribution in [0.15, 0.2) is 6.33 Å². The van der Waals surface area contributed by atoms with Gasteiger partial charge in [0.15, 0.2) is 0 Å². The summed E-state index contributed by atoms with van der Waals surface area (Å²) >= 11 is 0. The first-order chi connectivity index (χ1) is 7.23. The van der Waals surface area contributed by atoms with Crippen molar-refractivity contribution >= 4 is 0 Å². The molecule has 0 spiro atoms. The van der Waals surface area contributed by atoms with Gasteiger partial charge in [-0.05, 0) is 19.3 Å². The maximum atomic E-state index is 6.18. The molecule has 1 saturated carbocycles. The molecule has 1 aliphatic carbocycles. The van der Waals surface area contributed by atoms with Crippen LogP contribution in [0.3, 0.4) is 0 Å². The Balaban J connectivity index is 1.98. The van der Waals surface area contributed by atoms with Crippen LogP contribution in [-0.4, -0.2) is 34.0 Å². The molecule has 0 atom stereocenters. The highest BCUT2D eigenvalue weighted by Crippen LogP contribution is 2.31. The fourth-order valence-electron chi connectivity index (χ4n) is 1.91. The van der Waals surface area contributed by atoms with Crippen molar-refractivity contribution in [1.82, 2.24) is 14.8 Å². The molecule has 1 fully saturated rings. The van der Waals surface area contributed by atoms with Crippen molar-refractivity contribution < 1.29 is 4.74 Å². The second-order valence-electron chi connectivity index (χ2n) is 4.33. The van der Waals surface area contributed by atoms with E-state index in [0.717, 1.165) is 31.6 Å². The summed E-state index contributed by atoms with van der Waals surface area (Å²) < 4.78 is 7.06. The molecule has 15 heavy (non-hydrogen) atoms. The summed E-state index contributed by atoms with van der Waals surface area (Å²) in [7, 11) is 1.69. The lowest BCUT2D eigenvalue weighted by Gasteiger charge is -2.37. The second kappa shape index (κ2) is 4.28. The standard InChI is InChI=1S/C10H18N4O/c1-15-6-5-14-8-12-13-9(14)7-10(11)3-2-4-10/h8H,2-7,11H2,1H3. The van der Waals surface area contributed by atoms with E-state index in [9.17, 15) is 0 Å². The van der Waals surface area contributed by atoms with Gasteiger partial charge in [-0.15, -0.1) is 10.2 Å². The van der Waals surface area contributed by atoms with Crippen molar-refractivity contribution in [3.63, 3.8) is 0 Å². The highest BCUT2D eigenvalue weighted by atomic mass is 16.5. The van der Waals surface area contributed by atoms with Crippen LogP contribution in [0.2, 0.25) is 0 Å². The first kappa shape index (κ1) is 10.6. The Hall–Kier alpha value is -0.940. The van der Waals surface area contributed by atoms with E-state index in [0.29, 0.717) is 6.61 Å². The maximum Gasteiger partial charge on any atom is 0.134 e. The lowest BCUT2D eigenvalue weighted by Crippen LogP contribution is -2.49. The third-order valence-electron chi connectivity index (χ3n) is 3.09. The molecule has 0 radical (unpaired) electrons. The number of ether oxygens (including phenoxy) is 1. The quantitative estimate of drug-likeness (QED) is 0.761. The SMILES string of the molecule is COCCn1cnnc1CC1(N)CCC1. The maximum absolute atomic E-state index is 6.18. The number of hydrogen-bond acceptors (Lipinski definition) is 4. The molecule has 1 aromatic heterocycles. The minimum Gasteiger partial charge on any atom is -0.383 e. The van der Waals surface area contributed by atoms with Crippen LogP contribution in [-0.2, 0) is 17.7 Å². The Bertz CT molecular complexity index is 319. The zero-order valence-corrected chi connectivity index (χ0v) is 9.15. The number of aromatic nitrogens is 3. The summed E-state index contributed by atoms with van der Waals surface area (Å²) in [6.07, 6.45) is 6.02. The molecule has 0 amide bonds. The fraction of sp³-hybridized carbons (Fsp3) is 0.800. The van der Waals surface area contributed by atoms with Crippen LogP contribution in [0.5, 0.6) is 0 Å². The van der Waals surface area contributed by atoms with Crippen molar-refractivity contribution in [1.29, 1.82) is 0 Å². The Morgan fingerprint density at radius 2 is 2.40 bits per heavy atom. The molecule has 1 aromatic rings. The van der Waals surface area contributed by atoms with Crippen molar-refractivity contribution in [3.05, 3.63) is 12.2 Å². The highest BCUT2D eigenvalue weighted by Gasteiger charge is 2.34. The first-order valence-electron chi connectivity index (χ1n) is 5.38.